The van der Waals surface area contributed by atoms with Crippen LogP contribution in [0.25, 0.3) is 11.1 Å². The van der Waals surface area contributed by atoms with E-state index in [-0.39, 0.29) is 24.2 Å². The van der Waals surface area contributed by atoms with Crippen LogP contribution in [-0.2, 0) is 4.74 Å². The average molecular weight is 363 g/mol. The van der Waals surface area contributed by atoms with Gasteiger partial charge < -0.3 is 15.2 Å². The summed E-state index contributed by atoms with van der Waals surface area (Å²) in [4.78, 5) is 12.4. The van der Waals surface area contributed by atoms with E-state index < -0.39 is 0 Å². The summed E-state index contributed by atoms with van der Waals surface area (Å²) in [5.74, 6) is 0.762. The molecule has 4 heteroatoms. The first kappa shape index (κ1) is 16.8. The van der Waals surface area contributed by atoms with E-state index in [1.54, 1.807) is 0 Å². The molecule has 2 fully saturated rings. The van der Waals surface area contributed by atoms with Gasteiger partial charge in [-0.2, -0.15) is 0 Å². The van der Waals surface area contributed by atoms with Crippen LogP contribution in [0.5, 0.6) is 0 Å². The molecule has 2 aromatic carbocycles. The fraction of sp³-hybridized carbons (Fsp3) is 0.435. The van der Waals surface area contributed by atoms with Crippen molar-refractivity contribution in [2.24, 2.45) is 11.8 Å². The number of nitrogens with one attached hydrogen (secondary N) is 1. The minimum atomic E-state index is -0.336. The van der Waals surface area contributed by atoms with E-state index in [1.807, 2.05) is 12.1 Å². The molecule has 5 rings (SSSR count). The monoisotopic (exact) mass is 363 g/mol. The predicted octanol–water partition coefficient (Wildman–Crippen LogP) is 4.07. The molecule has 4 atom stereocenters. The second kappa shape index (κ2) is 6.68. The largest absolute Gasteiger partial charge is 0.449 e. The Balaban J connectivity index is 1.25. The maximum atomic E-state index is 12.4. The van der Waals surface area contributed by atoms with Crippen LogP contribution < -0.4 is 5.32 Å². The lowest BCUT2D eigenvalue weighted by Gasteiger charge is -2.32. The van der Waals surface area contributed by atoms with Crippen molar-refractivity contribution < 1.29 is 14.6 Å². The Hall–Kier alpha value is -2.33. The Morgan fingerprint density at radius 3 is 2.11 bits per heavy atom. The van der Waals surface area contributed by atoms with Gasteiger partial charge in [-0.25, -0.2) is 4.79 Å². The number of rotatable bonds is 3. The first-order valence-corrected chi connectivity index (χ1v) is 10.0. The molecule has 140 valence electrons. The highest BCUT2D eigenvalue weighted by molar-refractivity contribution is 5.79. The number of carbonyl (C=O) groups is 1. The van der Waals surface area contributed by atoms with Crippen molar-refractivity contribution in [3.63, 3.8) is 0 Å². The third-order valence-electron chi connectivity index (χ3n) is 6.71. The zero-order valence-electron chi connectivity index (χ0n) is 15.3. The van der Waals surface area contributed by atoms with Crippen LogP contribution in [0.2, 0.25) is 0 Å². The number of carbonyl (C=O) groups excluding carboxylic acids is 1. The Bertz CT molecular complexity index is 805. The standard InChI is InChI=1S/C23H25NO3/c25-22-14-9-10-15(22)12-16(11-14)24-23(26)27-13-21-19-7-3-1-5-17(19)18-6-2-4-8-20(18)21/h1-8,14-16,21-22,25H,9-13H2,(H,24,26)/t14-,15+,16?,22?. The van der Waals surface area contributed by atoms with E-state index in [0.717, 1.165) is 25.7 Å². The number of hydrogen-bond acceptors (Lipinski definition) is 3. The molecule has 2 bridgehead atoms. The van der Waals surface area contributed by atoms with Crippen molar-refractivity contribution in [1.82, 2.24) is 5.32 Å². The fourth-order valence-electron chi connectivity index (χ4n) is 5.42. The minimum Gasteiger partial charge on any atom is -0.449 e. The maximum Gasteiger partial charge on any atom is 0.407 e. The predicted molar refractivity (Wildman–Crippen MR) is 103 cm³/mol. The van der Waals surface area contributed by atoms with Gasteiger partial charge in [0.2, 0.25) is 0 Å². The van der Waals surface area contributed by atoms with Crippen molar-refractivity contribution in [3.8, 4) is 11.1 Å². The number of benzene rings is 2. The number of amides is 1. The summed E-state index contributed by atoms with van der Waals surface area (Å²) < 4.78 is 5.65. The van der Waals surface area contributed by atoms with Gasteiger partial charge in [-0.1, -0.05) is 48.5 Å². The molecule has 2 saturated carbocycles. The summed E-state index contributed by atoms with van der Waals surface area (Å²) in [6.45, 7) is 0.349. The Kier molecular flexibility index (Phi) is 4.16. The second-order valence-electron chi connectivity index (χ2n) is 8.23. The third-order valence-corrected chi connectivity index (χ3v) is 6.71. The van der Waals surface area contributed by atoms with Gasteiger partial charge in [-0.05, 0) is 59.8 Å². The first-order chi connectivity index (χ1) is 13.2. The molecule has 0 radical (unpaired) electrons. The van der Waals surface area contributed by atoms with Crippen LogP contribution in [-0.4, -0.2) is 30.0 Å². The maximum absolute atomic E-state index is 12.4. The van der Waals surface area contributed by atoms with Gasteiger partial charge in [-0.3, -0.25) is 0 Å². The molecule has 3 aliphatic rings. The molecule has 1 amide bonds. The summed E-state index contributed by atoms with van der Waals surface area (Å²) in [6.07, 6.45) is 3.37. The van der Waals surface area contributed by atoms with Crippen molar-refractivity contribution in [2.75, 3.05) is 6.61 Å². The smallest absolute Gasteiger partial charge is 0.407 e. The molecule has 3 aliphatic carbocycles. The number of hydrogen-bond donors (Lipinski definition) is 2. The second-order valence-corrected chi connectivity index (χ2v) is 8.23. The molecule has 27 heavy (non-hydrogen) atoms. The van der Waals surface area contributed by atoms with E-state index >= 15 is 0 Å². The van der Waals surface area contributed by atoms with Crippen LogP contribution in [0.1, 0.15) is 42.7 Å². The van der Waals surface area contributed by atoms with Crippen LogP contribution in [0.3, 0.4) is 0 Å². The number of aliphatic hydroxyl groups excluding tert-OH is 1. The van der Waals surface area contributed by atoms with Crippen molar-refractivity contribution in [2.45, 2.75) is 43.7 Å². The molecule has 4 nitrogen and oxygen atoms in total. The van der Waals surface area contributed by atoms with E-state index in [0.29, 0.717) is 18.4 Å². The number of fused-ring (bicyclic) bond motifs is 5. The van der Waals surface area contributed by atoms with Gasteiger partial charge in [0.25, 0.3) is 0 Å². The van der Waals surface area contributed by atoms with Crippen molar-refractivity contribution >= 4 is 6.09 Å². The summed E-state index contributed by atoms with van der Waals surface area (Å²) in [6, 6.07) is 16.8. The highest BCUT2D eigenvalue weighted by Gasteiger charge is 2.42. The molecule has 0 spiro atoms. The van der Waals surface area contributed by atoms with Gasteiger partial charge in [0.15, 0.2) is 0 Å². The molecule has 0 aromatic heterocycles. The molecule has 2 N–H and O–H groups in total. The summed E-state index contributed by atoms with van der Waals surface area (Å²) in [7, 11) is 0. The lowest BCUT2D eigenvalue weighted by molar-refractivity contribution is 0.0453. The van der Waals surface area contributed by atoms with Crippen LogP contribution in [0, 0.1) is 11.8 Å². The number of ether oxygens (including phenoxy) is 1. The van der Waals surface area contributed by atoms with Crippen LogP contribution in [0.15, 0.2) is 48.5 Å². The molecular weight excluding hydrogens is 338 g/mol. The third kappa shape index (κ3) is 2.92. The quantitative estimate of drug-likeness (QED) is 0.864. The Morgan fingerprint density at radius 2 is 1.52 bits per heavy atom. The highest BCUT2D eigenvalue weighted by Crippen LogP contribution is 2.45. The zero-order valence-corrected chi connectivity index (χ0v) is 15.3. The van der Waals surface area contributed by atoms with Crippen LogP contribution in [0.4, 0.5) is 4.79 Å². The lowest BCUT2D eigenvalue weighted by Crippen LogP contribution is -2.43. The van der Waals surface area contributed by atoms with Crippen LogP contribution >= 0.6 is 0 Å². The van der Waals surface area contributed by atoms with Gasteiger partial charge in [0.05, 0.1) is 6.10 Å². The van der Waals surface area contributed by atoms with Crippen molar-refractivity contribution in [1.29, 1.82) is 0 Å². The van der Waals surface area contributed by atoms with E-state index in [2.05, 4.69) is 41.7 Å². The SMILES string of the molecule is O=C(NC1C[C@H]2CC[C@@H](C1)C2O)OCC1c2ccccc2-c2ccccc21. The lowest BCUT2D eigenvalue weighted by atomic mass is 9.83. The molecular formula is C23H25NO3. The topological polar surface area (TPSA) is 58.6 Å². The molecule has 0 aliphatic heterocycles. The number of aliphatic hydroxyl groups is 1. The normalized spacial score (nSPS) is 28.5. The number of alkyl carbamates (subject to hydrolysis) is 1. The van der Waals surface area contributed by atoms with E-state index in [1.165, 1.54) is 22.3 Å². The molecule has 0 saturated heterocycles. The Morgan fingerprint density at radius 1 is 0.963 bits per heavy atom. The average Bonchev–Trinajstić information content (AvgIpc) is 3.09. The van der Waals surface area contributed by atoms with Gasteiger partial charge in [0.1, 0.15) is 6.61 Å². The van der Waals surface area contributed by atoms with E-state index in [4.69, 9.17) is 4.74 Å². The molecule has 2 unspecified atom stereocenters. The van der Waals surface area contributed by atoms with Gasteiger partial charge >= 0.3 is 6.09 Å². The summed E-state index contributed by atoms with van der Waals surface area (Å²) >= 11 is 0. The zero-order chi connectivity index (χ0) is 18.4. The molecule has 2 aromatic rings. The summed E-state index contributed by atoms with van der Waals surface area (Å²) in [5.41, 5.74) is 4.93. The Labute approximate surface area is 159 Å². The minimum absolute atomic E-state index is 0.0903. The summed E-state index contributed by atoms with van der Waals surface area (Å²) in [5, 5.41) is 13.2. The van der Waals surface area contributed by atoms with E-state index in [9.17, 15) is 9.90 Å². The van der Waals surface area contributed by atoms with Crippen molar-refractivity contribution in [3.05, 3.63) is 59.7 Å². The fourth-order valence-corrected chi connectivity index (χ4v) is 5.42. The molecule has 0 heterocycles. The first-order valence-electron chi connectivity index (χ1n) is 10.0. The van der Waals surface area contributed by atoms with Gasteiger partial charge in [0, 0.05) is 12.0 Å². The van der Waals surface area contributed by atoms with Gasteiger partial charge in [-0.15, -0.1) is 0 Å². The highest BCUT2D eigenvalue weighted by atomic mass is 16.5.